The molecule has 4 heteroatoms. The van der Waals surface area contributed by atoms with Gasteiger partial charge in [-0.1, -0.05) is 13.8 Å². The van der Waals surface area contributed by atoms with E-state index in [0.29, 0.717) is 5.41 Å². The van der Waals surface area contributed by atoms with Crippen LogP contribution in [0.4, 0.5) is 11.6 Å². The molecule has 0 saturated carbocycles. The Labute approximate surface area is 123 Å². The third-order valence-electron chi connectivity index (χ3n) is 4.81. The number of nitrogens with one attached hydrogen (secondary N) is 1. The van der Waals surface area contributed by atoms with Crippen molar-refractivity contribution >= 4 is 11.6 Å². The van der Waals surface area contributed by atoms with Gasteiger partial charge in [-0.2, -0.15) is 0 Å². The van der Waals surface area contributed by atoms with Crippen LogP contribution in [0, 0.1) is 19.3 Å². The van der Waals surface area contributed by atoms with Crippen LogP contribution in [-0.2, 0) is 0 Å². The summed E-state index contributed by atoms with van der Waals surface area (Å²) in [4.78, 5) is 11.7. The van der Waals surface area contributed by atoms with Gasteiger partial charge in [0.1, 0.15) is 17.5 Å². The van der Waals surface area contributed by atoms with E-state index in [-0.39, 0.29) is 0 Å². The summed E-state index contributed by atoms with van der Waals surface area (Å²) in [5, 5.41) is 3.35. The first-order chi connectivity index (χ1) is 9.55. The second kappa shape index (κ2) is 5.98. The number of rotatable bonds is 5. The van der Waals surface area contributed by atoms with E-state index in [1.807, 2.05) is 6.92 Å². The summed E-state index contributed by atoms with van der Waals surface area (Å²) in [6.07, 6.45) is 3.78. The molecule has 0 spiro atoms. The minimum absolute atomic E-state index is 0.476. The number of aryl methyl sites for hydroxylation is 1. The quantitative estimate of drug-likeness (QED) is 0.893. The van der Waals surface area contributed by atoms with E-state index in [0.717, 1.165) is 37.1 Å². The number of aromatic nitrogens is 2. The molecule has 2 rings (SSSR count). The molecule has 1 aromatic rings. The smallest absolute Gasteiger partial charge is 0.137 e. The van der Waals surface area contributed by atoms with Crippen LogP contribution >= 0.6 is 0 Å². The van der Waals surface area contributed by atoms with Gasteiger partial charge in [0.2, 0.25) is 0 Å². The summed E-state index contributed by atoms with van der Waals surface area (Å²) in [5.74, 6) is 2.96. The fourth-order valence-electron chi connectivity index (χ4n) is 3.20. The molecule has 20 heavy (non-hydrogen) atoms. The molecule has 0 aromatic carbocycles. The summed E-state index contributed by atoms with van der Waals surface area (Å²) >= 11 is 0. The van der Waals surface area contributed by atoms with E-state index in [1.54, 1.807) is 0 Å². The first-order valence-electron chi connectivity index (χ1n) is 7.89. The number of anilines is 2. The highest BCUT2D eigenvalue weighted by Gasteiger charge is 2.36. The van der Waals surface area contributed by atoms with E-state index in [2.05, 4.69) is 42.9 Å². The molecule has 1 aromatic heterocycles. The van der Waals surface area contributed by atoms with Crippen molar-refractivity contribution in [3.63, 3.8) is 0 Å². The minimum Gasteiger partial charge on any atom is -0.370 e. The lowest BCUT2D eigenvalue weighted by Gasteiger charge is -2.27. The number of nitrogens with zero attached hydrogens (tertiary/aromatic N) is 3. The summed E-state index contributed by atoms with van der Waals surface area (Å²) < 4.78 is 0. The lowest BCUT2D eigenvalue weighted by atomic mass is 9.82. The lowest BCUT2D eigenvalue weighted by molar-refractivity contribution is 0.301. The third kappa shape index (κ3) is 2.74. The van der Waals surface area contributed by atoms with Crippen molar-refractivity contribution in [2.75, 3.05) is 29.9 Å². The molecule has 1 aliphatic heterocycles. The number of hydrogen-bond donors (Lipinski definition) is 1. The topological polar surface area (TPSA) is 41.1 Å². The molecule has 0 unspecified atom stereocenters. The average Bonchev–Trinajstić information content (AvgIpc) is 2.88. The van der Waals surface area contributed by atoms with Gasteiger partial charge >= 0.3 is 0 Å². The van der Waals surface area contributed by atoms with Gasteiger partial charge in [-0.3, -0.25) is 0 Å². The largest absolute Gasteiger partial charge is 0.370 e. The zero-order valence-corrected chi connectivity index (χ0v) is 13.6. The molecule has 0 bridgehead atoms. The highest BCUT2D eigenvalue weighted by molar-refractivity contribution is 5.59. The predicted molar refractivity (Wildman–Crippen MR) is 85.5 cm³/mol. The zero-order chi connectivity index (χ0) is 14.8. The summed E-state index contributed by atoms with van der Waals surface area (Å²) in [7, 11) is 0. The Morgan fingerprint density at radius 1 is 1.15 bits per heavy atom. The molecule has 1 N–H and O–H groups in total. The second-order valence-electron chi connectivity index (χ2n) is 5.98. The van der Waals surface area contributed by atoms with Crippen LogP contribution in [0.2, 0.25) is 0 Å². The van der Waals surface area contributed by atoms with Crippen LogP contribution in [0.3, 0.4) is 0 Å². The summed E-state index contributed by atoms with van der Waals surface area (Å²) in [6.45, 7) is 14.0. The van der Waals surface area contributed by atoms with E-state index in [1.165, 1.54) is 24.8 Å². The van der Waals surface area contributed by atoms with Crippen molar-refractivity contribution in [2.24, 2.45) is 5.41 Å². The standard InChI is InChI=1S/C16H28N4/c1-6-16(7-2)9-10-20(11-16)15-12(4)14(17-8-3)18-13(5)19-15/h6-11H2,1-5H3,(H,17,18,19). The molecule has 112 valence electrons. The second-order valence-corrected chi connectivity index (χ2v) is 5.98. The minimum atomic E-state index is 0.476. The van der Waals surface area contributed by atoms with Crippen LogP contribution < -0.4 is 10.2 Å². The molecule has 4 nitrogen and oxygen atoms in total. The SMILES string of the molecule is CCNc1nc(C)nc(N2CCC(CC)(CC)C2)c1C. The Morgan fingerprint density at radius 2 is 1.85 bits per heavy atom. The monoisotopic (exact) mass is 276 g/mol. The Morgan fingerprint density at radius 3 is 2.40 bits per heavy atom. The van der Waals surface area contributed by atoms with Gasteiger partial charge in [0, 0.05) is 25.2 Å². The molecular weight excluding hydrogens is 248 g/mol. The maximum Gasteiger partial charge on any atom is 0.137 e. The van der Waals surface area contributed by atoms with Gasteiger partial charge in [-0.25, -0.2) is 9.97 Å². The van der Waals surface area contributed by atoms with Crippen LogP contribution in [0.15, 0.2) is 0 Å². The highest BCUT2D eigenvalue weighted by atomic mass is 15.2. The predicted octanol–water partition coefficient (Wildman–Crippen LogP) is 3.54. The van der Waals surface area contributed by atoms with Crippen molar-refractivity contribution in [2.45, 2.75) is 53.9 Å². The summed E-state index contributed by atoms with van der Waals surface area (Å²) in [6, 6.07) is 0. The third-order valence-corrected chi connectivity index (χ3v) is 4.81. The Kier molecular flexibility index (Phi) is 4.51. The van der Waals surface area contributed by atoms with Crippen LogP contribution in [0.1, 0.15) is 51.4 Å². The zero-order valence-electron chi connectivity index (χ0n) is 13.6. The van der Waals surface area contributed by atoms with Crippen molar-refractivity contribution < 1.29 is 0 Å². The molecule has 1 fully saturated rings. The Balaban J connectivity index is 2.30. The van der Waals surface area contributed by atoms with E-state index < -0.39 is 0 Å². The van der Waals surface area contributed by atoms with E-state index in [9.17, 15) is 0 Å². The molecule has 1 aliphatic rings. The highest BCUT2D eigenvalue weighted by Crippen LogP contribution is 2.39. The average molecular weight is 276 g/mol. The van der Waals surface area contributed by atoms with Crippen molar-refractivity contribution in [1.29, 1.82) is 0 Å². The first kappa shape index (κ1) is 15.1. The molecule has 1 saturated heterocycles. The van der Waals surface area contributed by atoms with Gasteiger partial charge in [-0.05, 0) is 45.4 Å². The molecule has 2 heterocycles. The number of hydrogen-bond acceptors (Lipinski definition) is 4. The molecule has 0 atom stereocenters. The van der Waals surface area contributed by atoms with Gasteiger partial charge < -0.3 is 10.2 Å². The van der Waals surface area contributed by atoms with Gasteiger partial charge in [-0.15, -0.1) is 0 Å². The maximum absolute atomic E-state index is 4.71. The molecule has 0 aliphatic carbocycles. The van der Waals surface area contributed by atoms with E-state index >= 15 is 0 Å². The van der Waals surface area contributed by atoms with Gasteiger partial charge in [0.15, 0.2) is 0 Å². The normalized spacial score (nSPS) is 17.6. The van der Waals surface area contributed by atoms with Crippen molar-refractivity contribution in [3.05, 3.63) is 11.4 Å². The fraction of sp³-hybridized carbons (Fsp3) is 0.750. The Hall–Kier alpha value is -1.32. The molecule has 0 amide bonds. The van der Waals surface area contributed by atoms with Crippen LogP contribution in [0.5, 0.6) is 0 Å². The van der Waals surface area contributed by atoms with Crippen molar-refractivity contribution in [1.82, 2.24) is 9.97 Å². The maximum atomic E-state index is 4.71. The molecular formula is C16H28N4. The van der Waals surface area contributed by atoms with Gasteiger partial charge in [0.05, 0.1) is 0 Å². The Bertz CT molecular complexity index is 466. The van der Waals surface area contributed by atoms with Crippen LogP contribution in [-0.4, -0.2) is 29.6 Å². The lowest BCUT2D eigenvalue weighted by Crippen LogP contribution is -2.28. The van der Waals surface area contributed by atoms with E-state index in [4.69, 9.17) is 4.98 Å². The first-order valence-corrected chi connectivity index (χ1v) is 7.89. The summed E-state index contributed by atoms with van der Waals surface area (Å²) in [5.41, 5.74) is 1.66. The van der Waals surface area contributed by atoms with Gasteiger partial charge in [0.25, 0.3) is 0 Å². The van der Waals surface area contributed by atoms with Crippen LogP contribution in [0.25, 0.3) is 0 Å². The van der Waals surface area contributed by atoms with Crippen molar-refractivity contribution in [3.8, 4) is 0 Å². The molecule has 0 radical (unpaired) electrons. The fourth-order valence-corrected chi connectivity index (χ4v) is 3.20.